The number of nitrogens with one attached hydrogen (secondary N) is 1. The molecule has 5 rings (SSSR count). The molecule has 9 nitrogen and oxygen atoms in total. The van der Waals surface area contributed by atoms with Gasteiger partial charge >= 0.3 is 0 Å². The van der Waals surface area contributed by atoms with Crippen LogP contribution in [0.3, 0.4) is 0 Å². The monoisotopic (exact) mass is 496 g/mol. The molecule has 1 aromatic carbocycles. The normalized spacial score (nSPS) is 16.9. The van der Waals surface area contributed by atoms with Crippen molar-refractivity contribution in [2.24, 2.45) is 0 Å². The third-order valence-corrected chi connectivity index (χ3v) is 7.21. The predicted octanol–water partition coefficient (Wildman–Crippen LogP) is 3.54. The topological polar surface area (TPSA) is 94.3 Å². The Morgan fingerprint density at radius 2 is 2.06 bits per heavy atom. The summed E-state index contributed by atoms with van der Waals surface area (Å²) in [4.78, 5) is 32.2. The Kier molecular flexibility index (Phi) is 6.62. The van der Waals surface area contributed by atoms with Crippen LogP contribution in [0, 0.1) is 0 Å². The summed E-state index contributed by atoms with van der Waals surface area (Å²) in [6, 6.07) is 5.00. The average molecular weight is 497 g/mol. The van der Waals surface area contributed by atoms with Crippen LogP contribution in [0.2, 0.25) is 5.02 Å². The minimum atomic E-state index is -0.361. The second kappa shape index (κ2) is 9.83. The molecule has 1 atom stereocenters. The molecule has 0 saturated carbocycles. The van der Waals surface area contributed by atoms with Gasteiger partial charge < -0.3 is 19.5 Å². The number of aromatic nitrogens is 4. The first-order chi connectivity index (χ1) is 17.0. The Bertz CT molecular complexity index is 1260. The van der Waals surface area contributed by atoms with Crippen LogP contribution < -0.4 is 5.32 Å². The highest BCUT2D eigenvalue weighted by Crippen LogP contribution is 2.31. The SMILES string of the molecule is CCN(CC)C(=O)c1cccc(-n2ncc3c2COCC3NC(=O)c2ncn3c2CCCC3)c1Cl. The van der Waals surface area contributed by atoms with Crippen molar-refractivity contribution in [2.75, 3.05) is 19.7 Å². The molecule has 1 N–H and O–H groups in total. The molecule has 3 aromatic rings. The van der Waals surface area contributed by atoms with Crippen LogP contribution >= 0.6 is 11.6 Å². The number of benzene rings is 1. The number of imidazole rings is 1. The molecule has 0 radical (unpaired) electrons. The van der Waals surface area contributed by atoms with Crippen molar-refractivity contribution in [1.82, 2.24) is 29.5 Å². The maximum atomic E-state index is 13.1. The molecular formula is C25H29ClN6O3. The second-order valence-corrected chi connectivity index (χ2v) is 9.18. The van der Waals surface area contributed by atoms with Crippen LogP contribution in [0.4, 0.5) is 0 Å². The van der Waals surface area contributed by atoms with Crippen molar-refractivity contribution in [3.8, 4) is 5.69 Å². The Hall–Kier alpha value is -3.17. The fourth-order valence-corrected chi connectivity index (χ4v) is 5.18. The summed E-state index contributed by atoms with van der Waals surface area (Å²) < 4.78 is 9.60. The lowest BCUT2D eigenvalue weighted by molar-refractivity contribution is 0.0683. The molecule has 2 amide bonds. The Balaban J connectivity index is 1.42. The zero-order valence-electron chi connectivity index (χ0n) is 20.0. The third kappa shape index (κ3) is 4.23. The number of ether oxygens (including phenoxy) is 1. The lowest BCUT2D eigenvalue weighted by Crippen LogP contribution is -2.35. The number of aryl methyl sites for hydroxylation is 1. The number of rotatable bonds is 6. The van der Waals surface area contributed by atoms with Gasteiger partial charge in [0.1, 0.15) is 5.69 Å². The number of hydrogen-bond acceptors (Lipinski definition) is 5. The van der Waals surface area contributed by atoms with E-state index in [2.05, 4.69) is 20.0 Å². The van der Waals surface area contributed by atoms with Crippen molar-refractivity contribution in [2.45, 2.75) is 52.3 Å². The van der Waals surface area contributed by atoms with Crippen molar-refractivity contribution in [3.63, 3.8) is 0 Å². The van der Waals surface area contributed by atoms with E-state index in [1.165, 1.54) is 0 Å². The van der Waals surface area contributed by atoms with Crippen LogP contribution in [0.25, 0.3) is 5.69 Å². The average Bonchev–Trinajstić information content (AvgIpc) is 3.50. The molecule has 0 spiro atoms. The first kappa shape index (κ1) is 23.6. The number of fused-ring (bicyclic) bond motifs is 2. The van der Waals surface area contributed by atoms with E-state index in [1.807, 2.05) is 19.9 Å². The molecule has 0 fully saturated rings. The number of nitrogens with zero attached hydrogens (tertiary/aromatic N) is 5. The van der Waals surface area contributed by atoms with Crippen molar-refractivity contribution < 1.29 is 14.3 Å². The smallest absolute Gasteiger partial charge is 0.272 e. The van der Waals surface area contributed by atoms with Crippen LogP contribution in [-0.2, 0) is 24.3 Å². The highest BCUT2D eigenvalue weighted by molar-refractivity contribution is 6.35. The van der Waals surface area contributed by atoms with Crippen molar-refractivity contribution in [3.05, 3.63) is 64.0 Å². The molecule has 2 aliphatic heterocycles. The van der Waals surface area contributed by atoms with Crippen molar-refractivity contribution in [1.29, 1.82) is 0 Å². The maximum Gasteiger partial charge on any atom is 0.272 e. The van der Waals surface area contributed by atoms with Gasteiger partial charge in [-0.05, 0) is 45.2 Å². The first-order valence-corrected chi connectivity index (χ1v) is 12.5. The second-order valence-electron chi connectivity index (χ2n) is 8.81. The molecule has 1 unspecified atom stereocenters. The molecule has 4 heterocycles. The van der Waals surface area contributed by atoms with Gasteiger partial charge in [0.05, 0.1) is 59.4 Å². The minimum Gasteiger partial charge on any atom is -0.373 e. The Labute approximate surface area is 209 Å². The van der Waals surface area contributed by atoms with Gasteiger partial charge in [-0.3, -0.25) is 9.59 Å². The molecule has 2 aromatic heterocycles. The van der Waals surface area contributed by atoms with Gasteiger partial charge in [0.2, 0.25) is 0 Å². The van der Waals surface area contributed by atoms with E-state index in [9.17, 15) is 9.59 Å². The summed E-state index contributed by atoms with van der Waals surface area (Å²) in [6.07, 6.45) is 6.51. The molecule has 0 bridgehead atoms. The zero-order valence-corrected chi connectivity index (χ0v) is 20.7. The summed E-state index contributed by atoms with van der Waals surface area (Å²) in [6.45, 7) is 6.64. The lowest BCUT2D eigenvalue weighted by atomic mass is 10.0. The van der Waals surface area contributed by atoms with Gasteiger partial charge in [-0.25, -0.2) is 9.67 Å². The highest BCUT2D eigenvalue weighted by atomic mass is 35.5. The van der Waals surface area contributed by atoms with E-state index in [0.717, 1.165) is 42.8 Å². The number of carbonyl (C=O) groups is 2. The van der Waals surface area contributed by atoms with E-state index < -0.39 is 0 Å². The molecule has 35 heavy (non-hydrogen) atoms. The highest BCUT2D eigenvalue weighted by Gasteiger charge is 2.30. The largest absolute Gasteiger partial charge is 0.373 e. The lowest BCUT2D eigenvalue weighted by Gasteiger charge is -2.25. The fraction of sp³-hybridized carbons (Fsp3) is 0.440. The molecule has 2 aliphatic rings. The summed E-state index contributed by atoms with van der Waals surface area (Å²) in [5.74, 6) is -0.327. The van der Waals surface area contributed by atoms with E-state index >= 15 is 0 Å². The van der Waals surface area contributed by atoms with Gasteiger partial charge in [0.15, 0.2) is 0 Å². The summed E-state index contributed by atoms with van der Waals surface area (Å²) in [5.41, 5.74) is 4.17. The van der Waals surface area contributed by atoms with Gasteiger partial charge in [-0.15, -0.1) is 0 Å². The minimum absolute atomic E-state index is 0.118. The number of halogens is 1. The molecular weight excluding hydrogens is 468 g/mol. The molecule has 0 aliphatic carbocycles. The summed E-state index contributed by atoms with van der Waals surface area (Å²) in [7, 11) is 0. The van der Waals surface area contributed by atoms with Crippen LogP contribution in [-0.4, -0.2) is 55.7 Å². The zero-order chi connectivity index (χ0) is 24.5. The third-order valence-electron chi connectivity index (χ3n) is 6.82. The molecule has 0 saturated heterocycles. The van der Waals surface area contributed by atoms with Crippen LogP contribution in [0.5, 0.6) is 0 Å². The number of carbonyl (C=O) groups excluding carboxylic acids is 2. The van der Waals surface area contributed by atoms with Crippen molar-refractivity contribution >= 4 is 23.4 Å². The van der Waals surface area contributed by atoms with E-state index in [4.69, 9.17) is 16.3 Å². The summed E-state index contributed by atoms with van der Waals surface area (Å²) >= 11 is 6.72. The number of hydrogen-bond donors (Lipinski definition) is 1. The first-order valence-electron chi connectivity index (χ1n) is 12.1. The molecule has 10 heteroatoms. The molecule has 184 valence electrons. The standard InChI is InChI=1S/C25H29ClN6O3/c1-3-30(4-2)25(34)16-8-7-10-19(22(16)26)32-21-14-35-13-18(17(21)12-28-32)29-24(33)23-20-9-5-6-11-31(20)15-27-23/h7-8,10,12,15,18H,3-6,9,11,13-14H2,1-2H3,(H,29,33). The van der Waals surface area contributed by atoms with Gasteiger partial charge in [-0.2, -0.15) is 5.10 Å². The van der Waals surface area contributed by atoms with Gasteiger partial charge in [0, 0.05) is 25.2 Å². The Morgan fingerprint density at radius 3 is 2.86 bits per heavy atom. The Morgan fingerprint density at radius 1 is 1.23 bits per heavy atom. The predicted molar refractivity (Wildman–Crippen MR) is 131 cm³/mol. The van der Waals surface area contributed by atoms with Gasteiger partial charge in [-0.1, -0.05) is 17.7 Å². The van der Waals surface area contributed by atoms with Crippen LogP contribution in [0.1, 0.15) is 70.5 Å². The maximum absolute atomic E-state index is 13.1. The van der Waals surface area contributed by atoms with Crippen LogP contribution in [0.15, 0.2) is 30.7 Å². The number of amides is 2. The van der Waals surface area contributed by atoms with Gasteiger partial charge in [0.25, 0.3) is 11.8 Å². The quantitative estimate of drug-likeness (QED) is 0.563. The van der Waals surface area contributed by atoms with E-state index in [1.54, 1.807) is 34.2 Å². The fourth-order valence-electron chi connectivity index (χ4n) is 4.90. The van der Waals surface area contributed by atoms with E-state index in [-0.39, 0.29) is 17.9 Å². The van der Waals surface area contributed by atoms with E-state index in [0.29, 0.717) is 48.3 Å². The summed E-state index contributed by atoms with van der Waals surface area (Å²) in [5, 5.41) is 7.98.